The maximum absolute atomic E-state index is 11.6. The normalized spacial score (nSPS) is 17.6. The summed E-state index contributed by atoms with van der Waals surface area (Å²) >= 11 is 0. The van der Waals surface area contributed by atoms with E-state index in [2.05, 4.69) is 26.0 Å². The van der Waals surface area contributed by atoms with E-state index in [1.54, 1.807) is 6.92 Å². The molecule has 0 aliphatic heterocycles. The number of allylic oxidation sites excluding steroid dienone is 4. The highest BCUT2D eigenvalue weighted by Gasteiger charge is 2.28. The molecule has 0 amide bonds. The molecule has 2 atom stereocenters. The molecule has 0 N–H and O–H groups in total. The van der Waals surface area contributed by atoms with Gasteiger partial charge in [-0.1, -0.05) is 128 Å². The second kappa shape index (κ2) is 26.4. The van der Waals surface area contributed by atoms with Crippen LogP contribution in [0.1, 0.15) is 201 Å². The molecule has 0 aromatic rings. The molecule has 0 bridgehead atoms. The number of ketones is 2. The van der Waals surface area contributed by atoms with Crippen LogP contribution in [-0.4, -0.2) is 11.6 Å². The SMILES string of the molecule is CCCCC/C=C/CC1=C(CCCCCCCC(=O)CC)C(CCCCCCCC(C)=O)CCC1CCCCCC. The molecule has 0 radical (unpaired) electrons. The predicted molar refractivity (Wildman–Crippen MR) is 181 cm³/mol. The maximum Gasteiger partial charge on any atom is 0.132 e. The van der Waals surface area contributed by atoms with Gasteiger partial charge >= 0.3 is 0 Å². The van der Waals surface area contributed by atoms with Crippen LogP contribution in [0.3, 0.4) is 0 Å². The Bertz CT molecular complexity index is 715. The third kappa shape index (κ3) is 19.6. The van der Waals surface area contributed by atoms with Gasteiger partial charge in [-0.3, -0.25) is 4.79 Å². The molecule has 41 heavy (non-hydrogen) atoms. The van der Waals surface area contributed by atoms with E-state index in [9.17, 15) is 9.59 Å². The molecular weight excluding hydrogens is 500 g/mol. The van der Waals surface area contributed by atoms with Gasteiger partial charge in [-0.2, -0.15) is 0 Å². The van der Waals surface area contributed by atoms with E-state index in [0.29, 0.717) is 18.0 Å². The molecule has 0 saturated heterocycles. The average Bonchev–Trinajstić information content (AvgIpc) is 2.96. The van der Waals surface area contributed by atoms with Gasteiger partial charge in [0.05, 0.1) is 0 Å². The van der Waals surface area contributed by atoms with Crippen molar-refractivity contribution in [2.75, 3.05) is 0 Å². The van der Waals surface area contributed by atoms with Gasteiger partial charge in [-0.15, -0.1) is 0 Å². The number of hydrogen-bond donors (Lipinski definition) is 0. The van der Waals surface area contributed by atoms with Crippen LogP contribution in [0.4, 0.5) is 0 Å². The fourth-order valence-electron chi connectivity index (χ4n) is 6.87. The molecule has 0 spiro atoms. The van der Waals surface area contributed by atoms with E-state index in [1.807, 2.05) is 18.1 Å². The van der Waals surface area contributed by atoms with Crippen LogP contribution >= 0.6 is 0 Å². The summed E-state index contributed by atoms with van der Waals surface area (Å²) in [5.74, 6) is 2.37. The third-order valence-corrected chi connectivity index (χ3v) is 9.52. The Kier molecular flexibility index (Phi) is 24.4. The first-order valence-corrected chi connectivity index (χ1v) is 18.4. The van der Waals surface area contributed by atoms with Gasteiger partial charge in [0.2, 0.25) is 0 Å². The van der Waals surface area contributed by atoms with Gasteiger partial charge in [-0.25, -0.2) is 0 Å². The van der Waals surface area contributed by atoms with Crippen molar-refractivity contribution < 1.29 is 9.59 Å². The summed E-state index contributed by atoms with van der Waals surface area (Å²) in [5, 5.41) is 0. The Balaban J connectivity index is 2.84. The topological polar surface area (TPSA) is 34.1 Å². The summed E-state index contributed by atoms with van der Waals surface area (Å²) < 4.78 is 0. The quantitative estimate of drug-likeness (QED) is 0.0692. The Morgan fingerprint density at radius 1 is 0.610 bits per heavy atom. The van der Waals surface area contributed by atoms with Crippen LogP contribution in [0.25, 0.3) is 0 Å². The highest BCUT2D eigenvalue weighted by Crippen LogP contribution is 2.43. The molecule has 0 aromatic carbocycles. The molecule has 0 aromatic heterocycles. The second-order valence-corrected chi connectivity index (χ2v) is 13.2. The van der Waals surface area contributed by atoms with Crippen molar-refractivity contribution in [1.82, 2.24) is 0 Å². The molecule has 0 saturated carbocycles. The smallest absolute Gasteiger partial charge is 0.132 e. The minimum absolute atomic E-state index is 0.340. The fraction of sp³-hybridized carbons (Fsp3) is 0.846. The molecule has 2 unspecified atom stereocenters. The third-order valence-electron chi connectivity index (χ3n) is 9.52. The van der Waals surface area contributed by atoms with Crippen molar-refractivity contribution in [3.05, 3.63) is 23.3 Å². The summed E-state index contributed by atoms with van der Waals surface area (Å²) in [6.07, 6.45) is 38.5. The van der Waals surface area contributed by atoms with Gasteiger partial charge in [0, 0.05) is 19.3 Å². The highest BCUT2D eigenvalue weighted by molar-refractivity contribution is 5.77. The molecule has 2 nitrogen and oxygen atoms in total. The van der Waals surface area contributed by atoms with E-state index < -0.39 is 0 Å². The lowest BCUT2D eigenvalue weighted by atomic mass is 9.70. The molecule has 1 aliphatic rings. The van der Waals surface area contributed by atoms with Crippen molar-refractivity contribution in [3.63, 3.8) is 0 Å². The monoisotopic (exact) mass is 571 g/mol. The summed E-state index contributed by atoms with van der Waals surface area (Å²) in [4.78, 5) is 22.9. The number of Topliss-reactive ketones (excluding diaryl/α,β-unsaturated/α-hetero) is 2. The summed E-state index contributed by atoms with van der Waals surface area (Å²) in [7, 11) is 0. The summed E-state index contributed by atoms with van der Waals surface area (Å²) in [6, 6.07) is 0. The van der Waals surface area contributed by atoms with Crippen molar-refractivity contribution in [2.24, 2.45) is 11.8 Å². The molecule has 1 aliphatic carbocycles. The van der Waals surface area contributed by atoms with Crippen LogP contribution in [0.5, 0.6) is 0 Å². The van der Waals surface area contributed by atoms with E-state index >= 15 is 0 Å². The Hall–Kier alpha value is -1.18. The van der Waals surface area contributed by atoms with E-state index in [4.69, 9.17) is 0 Å². The molecule has 1 rings (SSSR count). The Morgan fingerprint density at radius 2 is 1.15 bits per heavy atom. The second-order valence-electron chi connectivity index (χ2n) is 13.2. The minimum atomic E-state index is 0.340. The molecule has 238 valence electrons. The van der Waals surface area contributed by atoms with Crippen LogP contribution < -0.4 is 0 Å². The van der Waals surface area contributed by atoms with Gasteiger partial charge in [0.25, 0.3) is 0 Å². The summed E-state index contributed by atoms with van der Waals surface area (Å²) in [6.45, 7) is 8.33. The first kappa shape index (κ1) is 37.8. The average molecular weight is 571 g/mol. The van der Waals surface area contributed by atoms with E-state index in [0.717, 1.165) is 37.5 Å². The van der Waals surface area contributed by atoms with Crippen molar-refractivity contribution in [1.29, 1.82) is 0 Å². The lowest BCUT2D eigenvalue weighted by Crippen LogP contribution is -2.20. The van der Waals surface area contributed by atoms with Crippen LogP contribution in [0, 0.1) is 11.8 Å². The van der Waals surface area contributed by atoms with Gasteiger partial charge in [-0.05, 0) is 89.4 Å². The van der Waals surface area contributed by atoms with Crippen molar-refractivity contribution in [2.45, 2.75) is 201 Å². The minimum Gasteiger partial charge on any atom is -0.300 e. The number of unbranched alkanes of at least 4 members (excludes halogenated alkanes) is 14. The molecular formula is C39H70O2. The molecule has 0 heterocycles. The van der Waals surface area contributed by atoms with Crippen molar-refractivity contribution in [3.8, 4) is 0 Å². The predicted octanol–water partition coefficient (Wildman–Crippen LogP) is 12.8. The lowest BCUT2D eigenvalue weighted by molar-refractivity contribution is -0.119. The van der Waals surface area contributed by atoms with Crippen LogP contribution in [-0.2, 0) is 9.59 Å². The molecule has 0 fully saturated rings. The Labute approximate surface area is 257 Å². The lowest BCUT2D eigenvalue weighted by Gasteiger charge is -2.35. The van der Waals surface area contributed by atoms with Gasteiger partial charge < -0.3 is 4.79 Å². The first-order valence-electron chi connectivity index (χ1n) is 18.4. The largest absolute Gasteiger partial charge is 0.300 e. The van der Waals surface area contributed by atoms with Crippen LogP contribution in [0.2, 0.25) is 0 Å². The number of carbonyl (C=O) groups is 2. The summed E-state index contributed by atoms with van der Waals surface area (Å²) in [5.41, 5.74) is 3.71. The van der Waals surface area contributed by atoms with Gasteiger partial charge in [0.1, 0.15) is 11.6 Å². The van der Waals surface area contributed by atoms with E-state index in [1.165, 1.54) is 141 Å². The maximum atomic E-state index is 11.6. The van der Waals surface area contributed by atoms with E-state index in [-0.39, 0.29) is 0 Å². The highest BCUT2D eigenvalue weighted by atomic mass is 16.1. The zero-order chi connectivity index (χ0) is 30.0. The number of hydrogen-bond acceptors (Lipinski definition) is 2. The Morgan fingerprint density at radius 3 is 1.78 bits per heavy atom. The number of rotatable bonds is 28. The standard InChI is InChI=1S/C39H70O2/c1-5-8-10-12-18-24-30-38-35(27-21-11-9-6-2)32-33-36(28-22-16-13-15-20-26-34(4)40)39(38)31-25-19-14-17-23-29-37(41)7-3/h18,24,35-36H,5-17,19-23,25-33H2,1-4H3/b24-18+. The van der Waals surface area contributed by atoms with Crippen molar-refractivity contribution >= 4 is 11.6 Å². The zero-order valence-electron chi connectivity index (χ0n) is 28.2. The van der Waals surface area contributed by atoms with Gasteiger partial charge in [0.15, 0.2) is 0 Å². The number of carbonyl (C=O) groups excluding carboxylic acids is 2. The molecule has 2 heteroatoms. The van der Waals surface area contributed by atoms with Crippen LogP contribution in [0.15, 0.2) is 23.3 Å². The first-order chi connectivity index (χ1) is 20.0. The zero-order valence-corrected chi connectivity index (χ0v) is 28.2. The fourth-order valence-corrected chi connectivity index (χ4v) is 6.87.